The summed E-state index contributed by atoms with van der Waals surface area (Å²) in [5.74, 6) is 0.793. The number of thioether (sulfide) groups is 1. The van der Waals surface area contributed by atoms with Crippen molar-refractivity contribution in [3.05, 3.63) is 59.4 Å². The third kappa shape index (κ3) is 4.14. The molecule has 5 nitrogen and oxygen atoms in total. The molecule has 0 saturated carbocycles. The lowest BCUT2D eigenvalue weighted by atomic mass is 10.1. The van der Waals surface area contributed by atoms with E-state index in [2.05, 4.69) is 5.32 Å². The molecule has 1 heterocycles. The zero-order valence-electron chi connectivity index (χ0n) is 12.5. The van der Waals surface area contributed by atoms with Crippen LogP contribution < -0.4 is 14.8 Å². The van der Waals surface area contributed by atoms with E-state index in [0.717, 1.165) is 16.0 Å². The largest absolute Gasteiger partial charge is 0.618 e. The van der Waals surface area contributed by atoms with Crippen molar-refractivity contribution in [3.63, 3.8) is 0 Å². The average molecular weight is 318 g/mol. The van der Waals surface area contributed by atoms with Gasteiger partial charge in [0.25, 0.3) is 5.03 Å². The molecular formula is C16H18N2O3S. The van der Waals surface area contributed by atoms with Gasteiger partial charge in [0.05, 0.1) is 18.9 Å². The molecule has 1 unspecified atom stereocenters. The van der Waals surface area contributed by atoms with Crippen LogP contribution in [0.2, 0.25) is 0 Å². The van der Waals surface area contributed by atoms with Crippen LogP contribution in [-0.2, 0) is 4.79 Å². The highest BCUT2D eigenvalue weighted by Gasteiger charge is 2.15. The lowest BCUT2D eigenvalue weighted by Gasteiger charge is -2.17. The van der Waals surface area contributed by atoms with Gasteiger partial charge in [-0.15, -0.1) is 0 Å². The number of pyridine rings is 1. The molecule has 0 bridgehead atoms. The Morgan fingerprint density at radius 2 is 2.05 bits per heavy atom. The first-order valence-corrected chi connectivity index (χ1v) is 7.83. The number of benzene rings is 1. The predicted octanol–water partition coefficient (Wildman–Crippen LogP) is 2.30. The van der Waals surface area contributed by atoms with Crippen LogP contribution in [0.3, 0.4) is 0 Å². The van der Waals surface area contributed by atoms with Crippen LogP contribution >= 0.6 is 11.8 Å². The summed E-state index contributed by atoms with van der Waals surface area (Å²) < 4.78 is 6.04. The van der Waals surface area contributed by atoms with E-state index in [9.17, 15) is 10.0 Å². The lowest BCUT2D eigenvalue weighted by Crippen LogP contribution is -2.31. The second-order valence-corrected chi connectivity index (χ2v) is 5.68. The second-order valence-electron chi connectivity index (χ2n) is 4.68. The van der Waals surface area contributed by atoms with Gasteiger partial charge >= 0.3 is 0 Å². The van der Waals surface area contributed by atoms with Crippen molar-refractivity contribution in [3.8, 4) is 5.75 Å². The maximum atomic E-state index is 12.0. The van der Waals surface area contributed by atoms with E-state index in [1.807, 2.05) is 31.2 Å². The molecule has 1 aromatic carbocycles. The van der Waals surface area contributed by atoms with Gasteiger partial charge in [0.1, 0.15) is 5.75 Å². The molecule has 0 fully saturated rings. The Morgan fingerprint density at radius 1 is 1.32 bits per heavy atom. The molecular weight excluding hydrogens is 300 g/mol. The molecule has 0 radical (unpaired) electrons. The summed E-state index contributed by atoms with van der Waals surface area (Å²) in [6, 6.07) is 12.5. The molecule has 1 aromatic heterocycles. The quantitative estimate of drug-likeness (QED) is 0.504. The molecule has 0 spiro atoms. The van der Waals surface area contributed by atoms with Gasteiger partial charge in [-0.1, -0.05) is 18.2 Å². The smallest absolute Gasteiger partial charge is 0.251 e. The molecule has 0 aliphatic heterocycles. The van der Waals surface area contributed by atoms with Gasteiger partial charge in [-0.05, 0) is 30.8 Å². The van der Waals surface area contributed by atoms with Crippen LogP contribution in [0.4, 0.5) is 0 Å². The third-order valence-corrected chi connectivity index (χ3v) is 4.14. The third-order valence-electron chi connectivity index (χ3n) is 3.12. The zero-order chi connectivity index (χ0) is 15.9. The summed E-state index contributed by atoms with van der Waals surface area (Å²) in [5, 5.41) is 14.9. The van der Waals surface area contributed by atoms with E-state index in [-0.39, 0.29) is 17.7 Å². The number of carbonyl (C=O) groups excluding carboxylic acids is 1. The standard InChI is InChI=1S/C16H18N2O3S/c1-12(13-7-3-4-8-14(13)21-2)17-15(19)11-22-16-9-5-6-10-18(16)20/h3-10,12H,11H2,1-2H3,(H,17,19). The number of para-hydroxylation sites is 1. The van der Waals surface area contributed by atoms with E-state index in [1.54, 1.807) is 25.3 Å². The fourth-order valence-electron chi connectivity index (χ4n) is 2.05. The summed E-state index contributed by atoms with van der Waals surface area (Å²) in [6.45, 7) is 1.90. The van der Waals surface area contributed by atoms with Crippen molar-refractivity contribution >= 4 is 17.7 Å². The lowest BCUT2D eigenvalue weighted by molar-refractivity contribution is -0.645. The monoisotopic (exact) mass is 318 g/mol. The van der Waals surface area contributed by atoms with E-state index < -0.39 is 0 Å². The molecule has 1 atom stereocenters. The number of ether oxygens (including phenoxy) is 1. The number of methoxy groups -OCH3 is 1. The minimum Gasteiger partial charge on any atom is -0.618 e. The van der Waals surface area contributed by atoms with Crippen molar-refractivity contribution in [1.82, 2.24) is 5.32 Å². The maximum absolute atomic E-state index is 12.0. The normalized spacial score (nSPS) is 11.7. The Morgan fingerprint density at radius 3 is 2.77 bits per heavy atom. The van der Waals surface area contributed by atoms with Crippen LogP contribution in [-0.4, -0.2) is 18.8 Å². The Bertz CT molecular complexity index is 649. The summed E-state index contributed by atoms with van der Waals surface area (Å²) >= 11 is 1.21. The Labute approximate surface area is 133 Å². The van der Waals surface area contributed by atoms with E-state index in [0.29, 0.717) is 5.03 Å². The van der Waals surface area contributed by atoms with Crippen LogP contribution in [0.1, 0.15) is 18.5 Å². The predicted molar refractivity (Wildman–Crippen MR) is 85.7 cm³/mol. The Hall–Kier alpha value is -2.21. The number of hydrogen-bond donors (Lipinski definition) is 1. The van der Waals surface area contributed by atoms with E-state index in [1.165, 1.54) is 18.0 Å². The van der Waals surface area contributed by atoms with E-state index >= 15 is 0 Å². The molecule has 0 aliphatic rings. The number of aromatic nitrogens is 1. The topological polar surface area (TPSA) is 65.3 Å². The highest BCUT2D eigenvalue weighted by atomic mass is 32.2. The first-order valence-electron chi connectivity index (χ1n) is 6.85. The summed E-state index contributed by atoms with van der Waals surface area (Å²) in [6.07, 6.45) is 1.41. The van der Waals surface area contributed by atoms with E-state index in [4.69, 9.17) is 4.74 Å². The van der Waals surface area contributed by atoms with Gasteiger partial charge < -0.3 is 15.3 Å². The van der Waals surface area contributed by atoms with Gasteiger partial charge in [0.15, 0.2) is 6.20 Å². The fraction of sp³-hybridized carbons (Fsp3) is 0.250. The highest BCUT2D eigenvalue weighted by molar-refractivity contribution is 7.99. The molecule has 1 amide bonds. The second kappa shape index (κ2) is 7.70. The first kappa shape index (κ1) is 16.2. The SMILES string of the molecule is COc1ccccc1C(C)NC(=O)CSc1cccc[n+]1[O-]. The summed E-state index contributed by atoms with van der Waals surface area (Å²) in [5.41, 5.74) is 0.918. The fourth-order valence-corrected chi connectivity index (χ4v) is 2.77. The van der Waals surface area contributed by atoms with Crippen LogP contribution in [0.5, 0.6) is 5.75 Å². The van der Waals surface area contributed by atoms with Crippen molar-refractivity contribution in [2.45, 2.75) is 18.0 Å². The van der Waals surface area contributed by atoms with Crippen molar-refractivity contribution in [2.24, 2.45) is 0 Å². The first-order chi connectivity index (χ1) is 10.6. The number of carbonyl (C=O) groups is 1. The summed E-state index contributed by atoms with van der Waals surface area (Å²) in [4.78, 5) is 12.0. The zero-order valence-corrected chi connectivity index (χ0v) is 13.3. The number of rotatable bonds is 6. The van der Waals surface area contributed by atoms with Gasteiger partial charge in [0.2, 0.25) is 5.91 Å². The molecule has 0 aliphatic carbocycles. The molecule has 6 heteroatoms. The molecule has 22 heavy (non-hydrogen) atoms. The van der Waals surface area contributed by atoms with Crippen molar-refractivity contribution < 1.29 is 14.3 Å². The molecule has 2 aromatic rings. The van der Waals surface area contributed by atoms with Gasteiger partial charge in [-0.2, -0.15) is 4.73 Å². The Kier molecular flexibility index (Phi) is 5.66. The van der Waals surface area contributed by atoms with Crippen LogP contribution in [0.25, 0.3) is 0 Å². The number of amides is 1. The average Bonchev–Trinajstić information content (AvgIpc) is 2.54. The number of hydrogen-bond acceptors (Lipinski definition) is 4. The Balaban J connectivity index is 1.93. The molecule has 116 valence electrons. The molecule has 1 N–H and O–H groups in total. The van der Waals surface area contributed by atoms with Crippen molar-refractivity contribution in [2.75, 3.05) is 12.9 Å². The van der Waals surface area contributed by atoms with Gasteiger partial charge in [-0.25, -0.2) is 0 Å². The minimum atomic E-state index is -0.167. The highest BCUT2D eigenvalue weighted by Crippen LogP contribution is 2.24. The minimum absolute atomic E-state index is 0.132. The maximum Gasteiger partial charge on any atom is 0.251 e. The van der Waals surface area contributed by atoms with Crippen LogP contribution in [0, 0.1) is 5.21 Å². The number of nitrogens with one attached hydrogen (secondary N) is 1. The molecule has 0 saturated heterocycles. The van der Waals surface area contributed by atoms with Crippen LogP contribution in [0.15, 0.2) is 53.7 Å². The van der Waals surface area contributed by atoms with Gasteiger partial charge in [0, 0.05) is 17.7 Å². The van der Waals surface area contributed by atoms with Crippen molar-refractivity contribution in [1.29, 1.82) is 0 Å². The summed E-state index contributed by atoms with van der Waals surface area (Å²) in [7, 11) is 1.60. The number of nitrogens with zero attached hydrogens (tertiary/aromatic N) is 1. The van der Waals surface area contributed by atoms with Gasteiger partial charge in [-0.3, -0.25) is 4.79 Å². The molecule has 2 rings (SSSR count).